The summed E-state index contributed by atoms with van der Waals surface area (Å²) < 4.78 is 5.32. The predicted molar refractivity (Wildman–Crippen MR) is 117 cm³/mol. The highest BCUT2D eigenvalue weighted by Gasteiger charge is 2.44. The number of rotatable bonds is 4. The Balaban J connectivity index is 1.38. The summed E-state index contributed by atoms with van der Waals surface area (Å²) in [6.45, 7) is 4.81. The van der Waals surface area contributed by atoms with Gasteiger partial charge in [-0.1, -0.05) is 18.2 Å². The Bertz CT molecular complexity index is 806. The van der Waals surface area contributed by atoms with E-state index in [9.17, 15) is 19.6 Å². The fourth-order valence-corrected chi connectivity index (χ4v) is 5.16. The normalized spacial score (nSPS) is 26.5. The quantitative estimate of drug-likeness (QED) is 0.525. The van der Waals surface area contributed by atoms with E-state index in [2.05, 4.69) is 17.0 Å². The average molecular weight is 445 g/mol. The van der Waals surface area contributed by atoms with Gasteiger partial charge in [0.1, 0.15) is 0 Å². The molecule has 9 heteroatoms. The van der Waals surface area contributed by atoms with E-state index in [4.69, 9.17) is 4.74 Å². The minimum Gasteiger partial charge on any atom is -0.378 e. The van der Waals surface area contributed by atoms with Crippen molar-refractivity contribution in [2.24, 2.45) is 17.8 Å². The molecule has 3 amide bonds. The molecule has 9 nitrogen and oxygen atoms in total. The highest BCUT2D eigenvalue weighted by atomic mass is 16.5. The van der Waals surface area contributed by atoms with Gasteiger partial charge in [-0.3, -0.25) is 19.6 Å². The number of ether oxygens (including phenoxy) is 1. The number of carbonyl (C=O) groups is 3. The summed E-state index contributed by atoms with van der Waals surface area (Å²) in [5, 5.41) is 9.29. The minimum atomic E-state index is -0.705. The Kier molecular flexibility index (Phi) is 7.26. The number of hydrogen-bond donors (Lipinski definition) is 2. The van der Waals surface area contributed by atoms with Gasteiger partial charge in [0.25, 0.3) is 0 Å². The molecule has 4 rings (SSSR count). The zero-order chi connectivity index (χ0) is 22.5. The van der Waals surface area contributed by atoms with Gasteiger partial charge in [0.05, 0.1) is 19.1 Å². The number of hydrogen-bond acceptors (Lipinski definition) is 6. The minimum absolute atomic E-state index is 0.0198. The molecule has 0 aromatic heterocycles. The van der Waals surface area contributed by atoms with Crippen molar-refractivity contribution in [1.29, 1.82) is 0 Å². The Hall–Kier alpha value is -2.65. The van der Waals surface area contributed by atoms with Gasteiger partial charge in [0.15, 0.2) is 0 Å². The van der Waals surface area contributed by atoms with Crippen LogP contribution < -0.4 is 10.4 Å². The van der Waals surface area contributed by atoms with E-state index in [1.165, 1.54) is 0 Å². The number of amides is 3. The van der Waals surface area contributed by atoms with E-state index in [-0.39, 0.29) is 24.2 Å². The molecule has 174 valence electrons. The molecule has 1 saturated carbocycles. The molecule has 2 heterocycles. The van der Waals surface area contributed by atoms with Gasteiger partial charge in [0, 0.05) is 56.8 Å². The van der Waals surface area contributed by atoms with E-state index < -0.39 is 17.7 Å². The number of nitrogens with zero attached hydrogens (tertiary/aromatic N) is 3. The first-order valence-corrected chi connectivity index (χ1v) is 11.5. The summed E-state index contributed by atoms with van der Waals surface area (Å²) in [6, 6.07) is 10.1. The average Bonchev–Trinajstić information content (AvgIpc) is 2.88. The van der Waals surface area contributed by atoms with Crippen molar-refractivity contribution < 1.29 is 24.3 Å². The fourth-order valence-electron chi connectivity index (χ4n) is 5.16. The first-order valence-electron chi connectivity index (χ1n) is 11.5. The van der Waals surface area contributed by atoms with Crippen LogP contribution in [0.3, 0.4) is 0 Å². The molecule has 0 radical (unpaired) electrons. The lowest BCUT2D eigenvalue weighted by Crippen LogP contribution is -2.54. The Morgan fingerprint density at radius 1 is 0.844 bits per heavy atom. The Morgan fingerprint density at radius 3 is 2.16 bits per heavy atom. The van der Waals surface area contributed by atoms with Crippen molar-refractivity contribution >= 4 is 23.4 Å². The van der Waals surface area contributed by atoms with Crippen molar-refractivity contribution in [2.45, 2.75) is 19.3 Å². The third kappa shape index (κ3) is 4.88. The van der Waals surface area contributed by atoms with Gasteiger partial charge in [0.2, 0.25) is 17.7 Å². The summed E-state index contributed by atoms with van der Waals surface area (Å²) >= 11 is 0. The Morgan fingerprint density at radius 2 is 1.50 bits per heavy atom. The lowest BCUT2D eigenvalue weighted by molar-refractivity contribution is -0.152. The molecule has 32 heavy (non-hydrogen) atoms. The van der Waals surface area contributed by atoms with Crippen molar-refractivity contribution in [2.75, 3.05) is 57.4 Å². The molecular weight excluding hydrogens is 412 g/mol. The van der Waals surface area contributed by atoms with Crippen LogP contribution in [0.2, 0.25) is 0 Å². The second kappa shape index (κ2) is 10.3. The molecule has 3 aliphatic rings. The standard InChI is InChI=1S/C23H32N4O5/c28-21(24-31)20-16-17(22(29)27-12-14-32-15-13-27)6-7-19(20)23(30)26-10-8-25(9-11-26)18-4-2-1-3-5-18/h1-5,17,19-20,31H,6-16H2,(H,24,28). The van der Waals surface area contributed by atoms with Crippen LogP contribution in [0, 0.1) is 17.8 Å². The summed E-state index contributed by atoms with van der Waals surface area (Å²) in [7, 11) is 0. The zero-order valence-electron chi connectivity index (χ0n) is 18.3. The molecule has 0 bridgehead atoms. The van der Waals surface area contributed by atoms with Crippen LogP contribution in [0.4, 0.5) is 5.69 Å². The van der Waals surface area contributed by atoms with Crippen molar-refractivity contribution in [3.63, 3.8) is 0 Å². The summed E-state index contributed by atoms with van der Waals surface area (Å²) in [5.74, 6) is -2.14. The molecule has 0 spiro atoms. The number of anilines is 1. The first-order chi connectivity index (χ1) is 15.6. The van der Waals surface area contributed by atoms with Crippen molar-refractivity contribution in [3.8, 4) is 0 Å². The van der Waals surface area contributed by atoms with Gasteiger partial charge in [-0.2, -0.15) is 0 Å². The van der Waals surface area contributed by atoms with E-state index in [1.807, 2.05) is 23.1 Å². The van der Waals surface area contributed by atoms with E-state index >= 15 is 0 Å². The van der Waals surface area contributed by atoms with Crippen LogP contribution in [-0.4, -0.2) is 85.2 Å². The SMILES string of the molecule is O=C(NO)C1CC(C(=O)N2CCOCC2)CCC1C(=O)N1CCN(c2ccccc2)CC1. The molecule has 3 atom stereocenters. The Labute approximate surface area is 188 Å². The molecule has 1 aromatic rings. The zero-order valence-corrected chi connectivity index (χ0v) is 18.3. The first kappa shape index (κ1) is 22.5. The summed E-state index contributed by atoms with van der Waals surface area (Å²) in [5.41, 5.74) is 2.87. The highest BCUT2D eigenvalue weighted by Crippen LogP contribution is 2.37. The predicted octanol–water partition coefficient (Wildman–Crippen LogP) is 0.732. The van der Waals surface area contributed by atoms with Crippen molar-refractivity contribution in [1.82, 2.24) is 15.3 Å². The molecule has 2 saturated heterocycles. The maximum atomic E-state index is 13.3. The number of piperazine rings is 1. The third-order valence-electron chi connectivity index (χ3n) is 7.00. The van der Waals surface area contributed by atoms with Gasteiger partial charge >= 0.3 is 0 Å². The molecule has 3 unspecified atom stereocenters. The number of nitrogens with one attached hydrogen (secondary N) is 1. The number of morpholine rings is 1. The maximum absolute atomic E-state index is 13.3. The maximum Gasteiger partial charge on any atom is 0.247 e. The van der Waals surface area contributed by atoms with Gasteiger partial charge in [-0.15, -0.1) is 0 Å². The largest absolute Gasteiger partial charge is 0.378 e. The van der Waals surface area contributed by atoms with E-state index in [1.54, 1.807) is 10.4 Å². The third-order valence-corrected chi connectivity index (χ3v) is 7.00. The summed E-state index contributed by atoms with van der Waals surface area (Å²) in [4.78, 5) is 44.6. The molecule has 2 aliphatic heterocycles. The topological polar surface area (TPSA) is 102 Å². The lowest BCUT2D eigenvalue weighted by atomic mass is 9.72. The molecular formula is C23H32N4O5. The van der Waals surface area contributed by atoms with Gasteiger partial charge < -0.3 is 19.4 Å². The van der Waals surface area contributed by atoms with Crippen molar-refractivity contribution in [3.05, 3.63) is 30.3 Å². The molecule has 2 N–H and O–H groups in total. The molecule has 3 fully saturated rings. The van der Waals surface area contributed by atoms with Crippen LogP contribution in [0.15, 0.2) is 30.3 Å². The fraction of sp³-hybridized carbons (Fsp3) is 0.609. The van der Waals surface area contributed by atoms with E-state index in [0.29, 0.717) is 52.2 Å². The van der Waals surface area contributed by atoms with Crippen LogP contribution in [0.1, 0.15) is 19.3 Å². The summed E-state index contributed by atoms with van der Waals surface area (Å²) in [6.07, 6.45) is 1.32. The van der Waals surface area contributed by atoms with Gasteiger partial charge in [-0.05, 0) is 31.4 Å². The lowest BCUT2D eigenvalue weighted by Gasteiger charge is -2.41. The van der Waals surface area contributed by atoms with E-state index in [0.717, 1.165) is 18.8 Å². The molecule has 1 aromatic carbocycles. The van der Waals surface area contributed by atoms with Crippen LogP contribution in [-0.2, 0) is 19.1 Å². The number of para-hydroxylation sites is 1. The monoisotopic (exact) mass is 444 g/mol. The number of hydroxylamine groups is 1. The smallest absolute Gasteiger partial charge is 0.247 e. The second-order valence-corrected chi connectivity index (χ2v) is 8.78. The van der Waals surface area contributed by atoms with Crippen LogP contribution in [0.25, 0.3) is 0 Å². The van der Waals surface area contributed by atoms with Crippen LogP contribution in [0.5, 0.6) is 0 Å². The number of benzene rings is 1. The second-order valence-electron chi connectivity index (χ2n) is 8.78. The van der Waals surface area contributed by atoms with Crippen LogP contribution >= 0.6 is 0 Å². The van der Waals surface area contributed by atoms with Gasteiger partial charge in [-0.25, -0.2) is 5.48 Å². The molecule has 1 aliphatic carbocycles. The highest BCUT2D eigenvalue weighted by molar-refractivity contribution is 5.89. The number of carbonyl (C=O) groups excluding carboxylic acids is 3.